The fourth-order valence-corrected chi connectivity index (χ4v) is 3.22. The number of carbonyl (C=O) groups is 1. The van der Waals surface area contributed by atoms with Gasteiger partial charge in [-0.1, -0.05) is 0 Å². The molecule has 0 aromatic carbocycles. The first-order chi connectivity index (χ1) is 9.69. The third-order valence-electron chi connectivity index (χ3n) is 4.44. The number of aryl methyl sites for hydroxylation is 1. The Hall–Kier alpha value is -1.26. The summed E-state index contributed by atoms with van der Waals surface area (Å²) in [6.45, 7) is 4.14. The molecule has 1 aromatic rings. The standard InChI is InChI=1S/C16H21NO3/c1-12-2-6-17-14(10-12)15(18)13-3-7-20-16(11-13)4-8-19-9-5-16/h2,6,10,13H,3-5,7-9,11H2,1H3. The molecule has 1 spiro atoms. The Morgan fingerprint density at radius 1 is 1.35 bits per heavy atom. The second kappa shape index (κ2) is 5.62. The first-order valence-electron chi connectivity index (χ1n) is 7.37. The summed E-state index contributed by atoms with van der Waals surface area (Å²) in [4.78, 5) is 16.9. The lowest BCUT2D eigenvalue weighted by Crippen LogP contribution is -2.46. The molecule has 20 heavy (non-hydrogen) atoms. The van der Waals surface area contributed by atoms with Crippen molar-refractivity contribution in [3.63, 3.8) is 0 Å². The van der Waals surface area contributed by atoms with E-state index in [4.69, 9.17) is 9.47 Å². The molecule has 3 rings (SSSR count). The van der Waals surface area contributed by atoms with Crippen LogP contribution in [0.25, 0.3) is 0 Å². The van der Waals surface area contributed by atoms with Gasteiger partial charge in [-0.05, 0) is 50.3 Å². The molecular formula is C16H21NO3. The third kappa shape index (κ3) is 2.76. The molecule has 2 fully saturated rings. The lowest BCUT2D eigenvalue weighted by Gasteiger charge is -2.42. The van der Waals surface area contributed by atoms with Crippen LogP contribution in [-0.4, -0.2) is 36.2 Å². The second-order valence-corrected chi connectivity index (χ2v) is 5.92. The number of carbonyl (C=O) groups excluding carboxylic acids is 1. The molecule has 2 aliphatic heterocycles. The average molecular weight is 275 g/mol. The second-order valence-electron chi connectivity index (χ2n) is 5.92. The maximum Gasteiger partial charge on any atom is 0.184 e. The molecule has 1 aromatic heterocycles. The van der Waals surface area contributed by atoms with Crippen molar-refractivity contribution in [2.75, 3.05) is 19.8 Å². The maximum absolute atomic E-state index is 12.6. The van der Waals surface area contributed by atoms with Gasteiger partial charge in [-0.2, -0.15) is 0 Å². The van der Waals surface area contributed by atoms with Crippen molar-refractivity contribution in [1.29, 1.82) is 0 Å². The van der Waals surface area contributed by atoms with Crippen LogP contribution in [0.4, 0.5) is 0 Å². The minimum Gasteiger partial charge on any atom is -0.381 e. The molecular weight excluding hydrogens is 254 g/mol. The van der Waals surface area contributed by atoms with Crippen molar-refractivity contribution in [2.45, 2.75) is 38.2 Å². The number of nitrogens with zero attached hydrogens (tertiary/aromatic N) is 1. The number of pyridine rings is 1. The molecule has 0 bridgehead atoms. The first-order valence-corrected chi connectivity index (χ1v) is 7.37. The zero-order chi connectivity index (χ0) is 14.0. The van der Waals surface area contributed by atoms with E-state index in [2.05, 4.69) is 4.98 Å². The quantitative estimate of drug-likeness (QED) is 0.778. The molecule has 0 saturated carbocycles. The number of hydrogen-bond acceptors (Lipinski definition) is 4. The summed E-state index contributed by atoms with van der Waals surface area (Å²) in [5.41, 5.74) is 1.54. The Bertz CT molecular complexity index is 489. The number of aromatic nitrogens is 1. The molecule has 0 amide bonds. The highest BCUT2D eigenvalue weighted by Gasteiger charge is 2.41. The number of Topliss-reactive ketones (excluding diaryl/α,β-unsaturated/α-hetero) is 1. The molecule has 4 heteroatoms. The van der Waals surface area contributed by atoms with Crippen LogP contribution in [0.5, 0.6) is 0 Å². The molecule has 108 valence electrons. The minimum atomic E-state index is -0.138. The number of ether oxygens (including phenoxy) is 2. The van der Waals surface area contributed by atoms with Crippen molar-refractivity contribution in [3.05, 3.63) is 29.6 Å². The van der Waals surface area contributed by atoms with Crippen molar-refractivity contribution in [2.24, 2.45) is 5.92 Å². The van der Waals surface area contributed by atoms with E-state index in [9.17, 15) is 4.79 Å². The molecule has 2 saturated heterocycles. The van der Waals surface area contributed by atoms with Crippen molar-refractivity contribution < 1.29 is 14.3 Å². The summed E-state index contributed by atoms with van der Waals surface area (Å²) in [5.74, 6) is 0.207. The van der Waals surface area contributed by atoms with E-state index in [-0.39, 0.29) is 17.3 Å². The summed E-state index contributed by atoms with van der Waals surface area (Å²) in [7, 11) is 0. The van der Waals surface area contributed by atoms with Gasteiger partial charge in [0.25, 0.3) is 0 Å². The Labute approximate surface area is 119 Å². The van der Waals surface area contributed by atoms with E-state index in [1.165, 1.54) is 0 Å². The summed E-state index contributed by atoms with van der Waals surface area (Å²) >= 11 is 0. The van der Waals surface area contributed by atoms with Gasteiger partial charge >= 0.3 is 0 Å². The third-order valence-corrected chi connectivity index (χ3v) is 4.44. The van der Waals surface area contributed by atoms with Gasteiger partial charge in [0.15, 0.2) is 5.78 Å². The van der Waals surface area contributed by atoms with Crippen LogP contribution >= 0.6 is 0 Å². The molecule has 2 aliphatic rings. The highest BCUT2D eigenvalue weighted by Crippen LogP contribution is 2.38. The van der Waals surface area contributed by atoms with Gasteiger partial charge in [-0.25, -0.2) is 0 Å². The number of rotatable bonds is 2. The van der Waals surface area contributed by atoms with Crippen molar-refractivity contribution in [1.82, 2.24) is 4.98 Å². The van der Waals surface area contributed by atoms with Gasteiger partial charge in [0.2, 0.25) is 0 Å². The summed E-state index contributed by atoms with van der Waals surface area (Å²) in [5, 5.41) is 0. The van der Waals surface area contributed by atoms with Gasteiger partial charge in [-0.15, -0.1) is 0 Å². The monoisotopic (exact) mass is 275 g/mol. The van der Waals surface area contributed by atoms with Crippen LogP contribution in [0, 0.1) is 12.8 Å². The Morgan fingerprint density at radius 2 is 2.15 bits per heavy atom. The van der Waals surface area contributed by atoms with Crippen LogP contribution in [0.3, 0.4) is 0 Å². The van der Waals surface area contributed by atoms with Gasteiger partial charge in [0.1, 0.15) is 5.69 Å². The summed E-state index contributed by atoms with van der Waals surface area (Å²) in [6, 6.07) is 3.80. The molecule has 3 heterocycles. The fourth-order valence-electron chi connectivity index (χ4n) is 3.22. The predicted molar refractivity (Wildman–Crippen MR) is 74.8 cm³/mol. The van der Waals surface area contributed by atoms with Crippen molar-refractivity contribution >= 4 is 5.78 Å². The average Bonchev–Trinajstić information content (AvgIpc) is 2.47. The van der Waals surface area contributed by atoms with E-state index in [1.807, 2.05) is 19.1 Å². The minimum absolute atomic E-state index is 0.0381. The largest absolute Gasteiger partial charge is 0.381 e. The topological polar surface area (TPSA) is 48.4 Å². The normalized spacial score (nSPS) is 25.6. The van der Waals surface area contributed by atoms with E-state index in [0.29, 0.717) is 12.3 Å². The van der Waals surface area contributed by atoms with Crippen LogP contribution < -0.4 is 0 Å². The Balaban J connectivity index is 1.74. The van der Waals surface area contributed by atoms with Gasteiger partial charge in [0, 0.05) is 31.9 Å². The molecule has 1 unspecified atom stereocenters. The summed E-state index contributed by atoms with van der Waals surface area (Å²) < 4.78 is 11.4. The molecule has 4 nitrogen and oxygen atoms in total. The molecule has 0 radical (unpaired) electrons. The Morgan fingerprint density at radius 3 is 2.90 bits per heavy atom. The van der Waals surface area contributed by atoms with Crippen LogP contribution in [0.15, 0.2) is 18.3 Å². The zero-order valence-electron chi connectivity index (χ0n) is 11.9. The van der Waals surface area contributed by atoms with E-state index >= 15 is 0 Å². The Kier molecular flexibility index (Phi) is 3.85. The molecule has 0 aliphatic carbocycles. The number of hydrogen-bond donors (Lipinski definition) is 0. The SMILES string of the molecule is Cc1ccnc(C(=O)C2CCOC3(CCOCC3)C2)c1. The van der Waals surface area contributed by atoms with Gasteiger partial charge in [-0.3, -0.25) is 9.78 Å². The zero-order valence-corrected chi connectivity index (χ0v) is 11.9. The van der Waals surface area contributed by atoms with E-state index in [0.717, 1.165) is 44.5 Å². The van der Waals surface area contributed by atoms with Crippen LogP contribution in [0.1, 0.15) is 41.7 Å². The lowest BCUT2D eigenvalue weighted by atomic mass is 9.78. The fraction of sp³-hybridized carbons (Fsp3) is 0.625. The number of ketones is 1. The molecule has 1 atom stereocenters. The van der Waals surface area contributed by atoms with E-state index < -0.39 is 0 Å². The summed E-state index contributed by atoms with van der Waals surface area (Å²) in [6.07, 6.45) is 5.13. The highest BCUT2D eigenvalue weighted by atomic mass is 16.5. The molecule has 0 N–H and O–H groups in total. The smallest absolute Gasteiger partial charge is 0.184 e. The van der Waals surface area contributed by atoms with Crippen LogP contribution in [-0.2, 0) is 9.47 Å². The lowest BCUT2D eigenvalue weighted by molar-refractivity contribution is -0.142. The highest BCUT2D eigenvalue weighted by molar-refractivity contribution is 5.96. The maximum atomic E-state index is 12.6. The van der Waals surface area contributed by atoms with E-state index in [1.54, 1.807) is 6.20 Å². The van der Waals surface area contributed by atoms with Crippen LogP contribution in [0.2, 0.25) is 0 Å². The first kappa shape index (κ1) is 13.7. The van der Waals surface area contributed by atoms with Gasteiger partial charge in [0.05, 0.1) is 5.60 Å². The van der Waals surface area contributed by atoms with Crippen molar-refractivity contribution in [3.8, 4) is 0 Å². The predicted octanol–water partition coefficient (Wildman–Crippen LogP) is 2.55. The van der Waals surface area contributed by atoms with Gasteiger partial charge < -0.3 is 9.47 Å².